The molecule has 1 aromatic heterocycles. The number of aromatic nitrogens is 1. The van der Waals surface area contributed by atoms with Gasteiger partial charge in [0.05, 0.1) is 0 Å². The van der Waals surface area contributed by atoms with Crippen LogP contribution in [0.15, 0.2) is 46.9 Å². The summed E-state index contributed by atoms with van der Waals surface area (Å²) in [6.45, 7) is 2.87. The zero-order valence-electron chi connectivity index (χ0n) is 11.2. The van der Waals surface area contributed by atoms with E-state index in [1.54, 1.807) is 6.07 Å². The lowest BCUT2D eigenvalue weighted by Gasteiger charge is -2.07. The molecule has 4 heteroatoms. The van der Waals surface area contributed by atoms with E-state index in [0.29, 0.717) is 5.02 Å². The first-order chi connectivity index (χ1) is 9.72. The summed E-state index contributed by atoms with van der Waals surface area (Å²) >= 11 is 5.93. The second kappa shape index (κ2) is 5.55. The lowest BCUT2D eigenvalue weighted by atomic mass is 10.2. The first kappa shape index (κ1) is 13.0. The van der Waals surface area contributed by atoms with Gasteiger partial charge in [-0.1, -0.05) is 29.8 Å². The molecule has 0 saturated heterocycles. The van der Waals surface area contributed by atoms with Crippen molar-refractivity contribution in [3.05, 3.63) is 58.9 Å². The molecule has 1 N–H and O–H groups in total. The van der Waals surface area contributed by atoms with Crippen molar-refractivity contribution in [3.8, 4) is 0 Å². The van der Waals surface area contributed by atoms with Crippen molar-refractivity contribution < 1.29 is 4.42 Å². The molecule has 0 spiro atoms. The van der Waals surface area contributed by atoms with Crippen molar-refractivity contribution >= 4 is 28.4 Å². The van der Waals surface area contributed by atoms with E-state index < -0.39 is 0 Å². The minimum Gasteiger partial charge on any atom is -0.441 e. The minimum atomic E-state index is 0.665. The van der Waals surface area contributed by atoms with E-state index in [1.165, 1.54) is 5.56 Å². The Bertz CT molecular complexity index is 736. The van der Waals surface area contributed by atoms with Crippen LogP contribution in [0.2, 0.25) is 5.02 Å². The first-order valence-electron chi connectivity index (χ1n) is 6.57. The maximum Gasteiger partial charge on any atom is 0.197 e. The molecule has 0 aliphatic carbocycles. The molecule has 2 aromatic carbocycles. The fraction of sp³-hybridized carbons (Fsp3) is 0.188. The van der Waals surface area contributed by atoms with Crippen molar-refractivity contribution in [2.24, 2.45) is 0 Å². The molecule has 0 fully saturated rings. The number of para-hydroxylation sites is 1. The average Bonchev–Trinajstić information content (AvgIpc) is 2.83. The van der Waals surface area contributed by atoms with E-state index in [-0.39, 0.29) is 0 Å². The Kier molecular flexibility index (Phi) is 3.61. The molecule has 0 unspecified atom stereocenters. The molecule has 0 aliphatic heterocycles. The normalized spacial score (nSPS) is 10.9. The number of hydrogen-bond donors (Lipinski definition) is 1. The van der Waals surface area contributed by atoms with E-state index in [4.69, 9.17) is 16.0 Å². The summed E-state index contributed by atoms with van der Waals surface area (Å²) in [6, 6.07) is 13.7. The lowest BCUT2D eigenvalue weighted by molar-refractivity contribution is 0.534. The summed E-state index contributed by atoms with van der Waals surface area (Å²) in [6.07, 6.45) is 0.737. The number of benzene rings is 2. The molecule has 0 atom stereocenters. The van der Waals surface area contributed by atoms with Crippen molar-refractivity contribution in [2.75, 3.05) is 11.9 Å². The van der Waals surface area contributed by atoms with Crippen molar-refractivity contribution in [1.29, 1.82) is 0 Å². The number of nitrogens with one attached hydrogen (secondary N) is 1. The van der Waals surface area contributed by atoms with E-state index in [9.17, 15) is 0 Å². The number of oxazole rings is 1. The smallest absolute Gasteiger partial charge is 0.197 e. The summed E-state index contributed by atoms with van der Waals surface area (Å²) in [5.41, 5.74) is 3.96. The molecule has 1 heterocycles. The second-order valence-corrected chi connectivity index (χ2v) is 5.15. The molecule has 0 amide bonds. The third-order valence-electron chi connectivity index (χ3n) is 3.19. The van der Waals surface area contributed by atoms with E-state index >= 15 is 0 Å². The predicted octanol–water partition coefficient (Wildman–Crippen LogP) is 4.44. The number of nitrogens with zero attached hydrogens (tertiary/aromatic N) is 1. The summed E-state index contributed by atoms with van der Waals surface area (Å²) in [7, 11) is 0. The quantitative estimate of drug-likeness (QED) is 0.770. The Hall–Kier alpha value is -2.00. The molecule has 0 aliphatic rings. The Morgan fingerprint density at radius 2 is 2.05 bits per heavy atom. The Labute approximate surface area is 122 Å². The van der Waals surface area contributed by atoms with Crippen LogP contribution in [0, 0.1) is 6.92 Å². The van der Waals surface area contributed by atoms with Gasteiger partial charge in [-0.25, -0.2) is 4.98 Å². The van der Waals surface area contributed by atoms with Gasteiger partial charge in [-0.05, 0) is 30.7 Å². The number of rotatable bonds is 4. The molecule has 3 nitrogen and oxygen atoms in total. The third kappa shape index (κ3) is 2.78. The average molecular weight is 287 g/mol. The van der Waals surface area contributed by atoms with Gasteiger partial charge in [0, 0.05) is 29.7 Å². The van der Waals surface area contributed by atoms with Gasteiger partial charge >= 0.3 is 0 Å². The van der Waals surface area contributed by atoms with Crippen molar-refractivity contribution in [1.82, 2.24) is 4.98 Å². The highest BCUT2D eigenvalue weighted by molar-refractivity contribution is 6.31. The number of fused-ring (bicyclic) bond motifs is 1. The monoisotopic (exact) mass is 286 g/mol. The van der Waals surface area contributed by atoms with Gasteiger partial charge in [-0.2, -0.15) is 0 Å². The Balaban J connectivity index is 1.67. The number of aryl methyl sites for hydroxylation is 1. The topological polar surface area (TPSA) is 38.1 Å². The number of hydrogen-bond acceptors (Lipinski definition) is 3. The predicted molar refractivity (Wildman–Crippen MR) is 82.4 cm³/mol. The van der Waals surface area contributed by atoms with Crippen LogP contribution < -0.4 is 5.32 Å². The summed E-state index contributed by atoms with van der Waals surface area (Å²) in [5.74, 6) is 0.725. The van der Waals surface area contributed by atoms with Gasteiger partial charge in [-0.15, -0.1) is 0 Å². The summed E-state index contributed by atoms with van der Waals surface area (Å²) < 4.78 is 5.68. The summed E-state index contributed by atoms with van der Waals surface area (Å²) in [4.78, 5) is 4.44. The van der Waals surface area contributed by atoms with Crippen LogP contribution in [0.5, 0.6) is 0 Å². The molecule has 3 rings (SSSR count). The molecule has 0 bridgehead atoms. The van der Waals surface area contributed by atoms with Crippen LogP contribution >= 0.6 is 11.6 Å². The molecule has 3 aromatic rings. The number of anilines is 1. The van der Waals surface area contributed by atoms with Gasteiger partial charge in [0.15, 0.2) is 11.5 Å². The highest BCUT2D eigenvalue weighted by Crippen LogP contribution is 2.20. The zero-order chi connectivity index (χ0) is 13.9. The fourth-order valence-corrected chi connectivity index (χ4v) is 2.29. The highest BCUT2D eigenvalue weighted by atomic mass is 35.5. The zero-order valence-corrected chi connectivity index (χ0v) is 11.9. The Morgan fingerprint density at radius 1 is 1.20 bits per heavy atom. The minimum absolute atomic E-state index is 0.665. The maximum absolute atomic E-state index is 5.93. The van der Waals surface area contributed by atoms with Crippen LogP contribution in [0.25, 0.3) is 11.1 Å². The number of halogens is 1. The summed E-state index contributed by atoms with van der Waals surface area (Å²) in [5, 5.41) is 4.06. The van der Waals surface area contributed by atoms with Crippen molar-refractivity contribution in [2.45, 2.75) is 13.3 Å². The van der Waals surface area contributed by atoms with Gasteiger partial charge in [-0.3, -0.25) is 0 Å². The van der Waals surface area contributed by atoms with Crippen LogP contribution in [0.1, 0.15) is 11.5 Å². The molecular formula is C16H15ClN2O. The lowest BCUT2D eigenvalue weighted by Crippen LogP contribution is -2.05. The van der Waals surface area contributed by atoms with Crippen LogP contribution in [0.3, 0.4) is 0 Å². The highest BCUT2D eigenvalue weighted by Gasteiger charge is 2.06. The van der Waals surface area contributed by atoms with Gasteiger partial charge in [0.25, 0.3) is 0 Å². The molecule has 20 heavy (non-hydrogen) atoms. The second-order valence-electron chi connectivity index (χ2n) is 4.71. The largest absolute Gasteiger partial charge is 0.441 e. The molecular weight excluding hydrogens is 272 g/mol. The fourth-order valence-electron chi connectivity index (χ4n) is 2.13. The standard InChI is InChI=1S/C16H15ClN2O/c1-11-4-2-3-5-13(11)18-9-8-16-19-14-7-6-12(17)10-15(14)20-16/h2-7,10,18H,8-9H2,1H3. The van der Waals surface area contributed by atoms with Gasteiger partial charge in [0.1, 0.15) is 5.52 Å². The van der Waals surface area contributed by atoms with Crippen molar-refractivity contribution in [3.63, 3.8) is 0 Å². The van der Waals surface area contributed by atoms with Crippen LogP contribution in [-0.2, 0) is 6.42 Å². The molecule has 102 valence electrons. The van der Waals surface area contributed by atoms with Crippen LogP contribution in [0.4, 0.5) is 5.69 Å². The Morgan fingerprint density at radius 3 is 2.90 bits per heavy atom. The van der Waals surface area contributed by atoms with E-state index in [2.05, 4.69) is 29.4 Å². The van der Waals surface area contributed by atoms with E-state index in [0.717, 1.165) is 35.6 Å². The third-order valence-corrected chi connectivity index (χ3v) is 3.43. The van der Waals surface area contributed by atoms with E-state index in [1.807, 2.05) is 24.3 Å². The maximum atomic E-state index is 5.93. The first-order valence-corrected chi connectivity index (χ1v) is 6.94. The molecule has 0 radical (unpaired) electrons. The molecule has 0 saturated carbocycles. The van der Waals surface area contributed by atoms with Gasteiger partial charge < -0.3 is 9.73 Å². The van der Waals surface area contributed by atoms with Gasteiger partial charge in [0.2, 0.25) is 0 Å². The van der Waals surface area contributed by atoms with Crippen LogP contribution in [-0.4, -0.2) is 11.5 Å². The SMILES string of the molecule is Cc1ccccc1NCCc1nc2ccc(Cl)cc2o1.